The first-order valence-corrected chi connectivity index (χ1v) is 10.3. The van der Waals surface area contributed by atoms with Crippen LogP contribution in [0, 0.1) is 12.8 Å². The Kier molecular flexibility index (Phi) is 7.32. The molecular weight excluding hydrogens is 384 g/mol. The lowest BCUT2D eigenvalue weighted by Gasteiger charge is -2.17. The molecule has 1 aromatic heterocycles. The van der Waals surface area contributed by atoms with E-state index in [-0.39, 0.29) is 24.2 Å². The molecule has 1 saturated heterocycles. The molecule has 8 heteroatoms. The minimum absolute atomic E-state index is 0.0302. The molecule has 0 spiro atoms. The maximum atomic E-state index is 12.4. The number of benzene rings is 1. The zero-order valence-corrected chi connectivity index (χ0v) is 17.9. The van der Waals surface area contributed by atoms with Gasteiger partial charge >= 0.3 is 0 Å². The number of carbonyl (C=O) groups excluding carboxylic acids is 2. The molecule has 1 N–H and O–H groups in total. The van der Waals surface area contributed by atoms with Gasteiger partial charge in [-0.25, -0.2) is 0 Å². The Morgan fingerprint density at radius 2 is 2.03 bits per heavy atom. The summed E-state index contributed by atoms with van der Waals surface area (Å²) in [5.74, 6) is 1.05. The van der Waals surface area contributed by atoms with Gasteiger partial charge in [0.15, 0.2) is 11.5 Å². The number of hydrogen-bond acceptors (Lipinski definition) is 5. The largest absolute Gasteiger partial charge is 0.493 e. The Morgan fingerprint density at radius 1 is 1.23 bits per heavy atom. The van der Waals surface area contributed by atoms with Gasteiger partial charge in [-0.15, -0.1) is 0 Å². The van der Waals surface area contributed by atoms with Gasteiger partial charge in [0.05, 0.1) is 26.3 Å². The smallest absolute Gasteiger partial charge is 0.225 e. The topological polar surface area (TPSA) is 85.7 Å². The van der Waals surface area contributed by atoms with Crippen LogP contribution in [0.3, 0.4) is 0 Å². The molecule has 1 aromatic carbocycles. The predicted molar refractivity (Wildman–Crippen MR) is 113 cm³/mol. The number of nitrogens with zero attached hydrogens (tertiary/aromatic N) is 3. The summed E-state index contributed by atoms with van der Waals surface area (Å²) in [5.41, 5.74) is 2.18. The molecule has 30 heavy (non-hydrogen) atoms. The average molecular weight is 415 g/mol. The quantitative estimate of drug-likeness (QED) is 0.600. The minimum atomic E-state index is -0.283. The molecule has 1 unspecified atom stereocenters. The first-order valence-electron chi connectivity index (χ1n) is 10.3. The van der Waals surface area contributed by atoms with Crippen molar-refractivity contribution in [3.8, 4) is 11.5 Å². The molecule has 0 aliphatic carbocycles. The van der Waals surface area contributed by atoms with E-state index < -0.39 is 0 Å². The molecule has 0 radical (unpaired) electrons. The standard InChI is InChI=1S/C22H30N4O4/c1-16-13-24-26(14-16)9-4-8-23-22(28)18-12-21(27)25(15-18)10-7-17-5-6-19(29-2)20(11-17)30-3/h5-6,11,13-14,18H,4,7-10,12,15H2,1-3H3,(H,23,28). The normalized spacial score (nSPS) is 16.0. The number of aromatic nitrogens is 2. The lowest BCUT2D eigenvalue weighted by molar-refractivity contribution is -0.129. The van der Waals surface area contributed by atoms with E-state index in [1.54, 1.807) is 19.1 Å². The number of aryl methyl sites for hydroxylation is 2. The molecule has 1 atom stereocenters. The van der Waals surface area contributed by atoms with E-state index in [1.807, 2.05) is 42.2 Å². The van der Waals surface area contributed by atoms with Crippen molar-refractivity contribution in [1.29, 1.82) is 0 Å². The van der Waals surface area contributed by atoms with Gasteiger partial charge < -0.3 is 19.7 Å². The van der Waals surface area contributed by atoms with Crippen LogP contribution < -0.4 is 14.8 Å². The van der Waals surface area contributed by atoms with E-state index in [1.165, 1.54) is 0 Å². The highest BCUT2D eigenvalue weighted by Gasteiger charge is 2.33. The van der Waals surface area contributed by atoms with Gasteiger partial charge in [0.1, 0.15) is 0 Å². The number of rotatable bonds is 10. The Labute approximate surface area is 177 Å². The van der Waals surface area contributed by atoms with Crippen molar-refractivity contribution < 1.29 is 19.1 Å². The van der Waals surface area contributed by atoms with Crippen LogP contribution in [0.15, 0.2) is 30.6 Å². The second kappa shape index (κ2) is 10.1. The van der Waals surface area contributed by atoms with E-state index in [2.05, 4.69) is 10.4 Å². The highest BCUT2D eigenvalue weighted by Crippen LogP contribution is 2.28. The zero-order valence-electron chi connectivity index (χ0n) is 17.9. The van der Waals surface area contributed by atoms with Crippen molar-refractivity contribution >= 4 is 11.8 Å². The van der Waals surface area contributed by atoms with Crippen molar-refractivity contribution in [3.63, 3.8) is 0 Å². The Bertz CT molecular complexity index is 880. The predicted octanol–water partition coefficient (Wildman–Crippen LogP) is 1.81. The van der Waals surface area contributed by atoms with Crippen LogP contribution in [0.25, 0.3) is 0 Å². The average Bonchev–Trinajstić information content (AvgIpc) is 3.34. The first-order chi connectivity index (χ1) is 14.5. The summed E-state index contributed by atoms with van der Waals surface area (Å²) in [6, 6.07) is 5.75. The van der Waals surface area contributed by atoms with Crippen molar-refractivity contribution in [2.45, 2.75) is 32.7 Å². The van der Waals surface area contributed by atoms with Crippen LogP contribution >= 0.6 is 0 Å². The Morgan fingerprint density at radius 3 is 2.73 bits per heavy atom. The van der Waals surface area contributed by atoms with Crippen LogP contribution in [0.1, 0.15) is 24.0 Å². The van der Waals surface area contributed by atoms with E-state index in [9.17, 15) is 9.59 Å². The van der Waals surface area contributed by atoms with Crippen molar-refractivity contribution in [1.82, 2.24) is 20.0 Å². The van der Waals surface area contributed by atoms with E-state index in [0.29, 0.717) is 37.6 Å². The second-order valence-electron chi connectivity index (χ2n) is 7.61. The molecule has 3 rings (SSSR count). The molecule has 0 saturated carbocycles. The summed E-state index contributed by atoms with van der Waals surface area (Å²) >= 11 is 0. The van der Waals surface area contributed by atoms with E-state index >= 15 is 0 Å². The van der Waals surface area contributed by atoms with Crippen molar-refractivity contribution in [2.75, 3.05) is 33.9 Å². The number of ether oxygens (including phenoxy) is 2. The SMILES string of the molecule is COc1ccc(CCN2CC(C(=O)NCCCn3cc(C)cn3)CC2=O)cc1OC. The third-order valence-electron chi connectivity index (χ3n) is 5.33. The van der Waals surface area contributed by atoms with Crippen LogP contribution in [0.2, 0.25) is 0 Å². The molecule has 1 fully saturated rings. The summed E-state index contributed by atoms with van der Waals surface area (Å²) in [4.78, 5) is 26.5. The van der Waals surface area contributed by atoms with Gasteiger partial charge in [-0.1, -0.05) is 6.07 Å². The Hall–Kier alpha value is -3.03. The maximum absolute atomic E-state index is 12.4. The fourth-order valence-corrected chi connectivity index (χ4v) is 3.65. The highest BCUT2D eigenvalue weighted by molar-refractivity contribution is 5.89. The van der Waals surface area contributed by atoms with Gasteiger partial charge in [0.2, 0.25) is 11.8 Å². The van der Waals surface area contributed by atoms with Gasteiger partial charge in [0, 0.05) is 38.8 Å². The fourth-order valence-electron chi connectivity index (χ4n) is 3.65. The number of carbonyl (C=O) groups is 2. The van der Waals surface area contributed by atoms with Gasteiger partial charge in [-0.3, -0.25) is 14.3 Å². The van der Waals surface area contributed by atoms with Gasteiger partial charge in [-0.05, 0) is 43.0 Å². The maximum Gasteiger partial charge on any atom is 0.225 e. The van der Waals surface area contributed by atoms with Gasteiger partial charge in [-0.2, -0.15) is 5.10 Å². The summed E-state index contributed by atoms with van der Waals surface area (Å²) in [7, 11) is 3.20. The van der Waals surface area contributed by atoms with Crippen molar-refractivity contribution in [2.24, 2.45) is 5.92 Å². The van der Waals surface area contributed by atoms with Crippen molar-refractivity contribution in [3.05, 3.63) is 41.7 Å². The third-order valence-corrected chi connectivity index (χ3v) is 5.33. The first kappa shape index (κ1) is 21.7. The summed E-state index contributed by atoms with van der Waals surface area (Å²) in [6.45, 7) is 4.38. The molecule has 2 aromatic rings. The summed E-state index contributed by atoms with van der Waals surface area (Å²) in [5, 5.41) is 7.19. The second-order valence-corrected chi connectivity index (χ2v) is 7.61. The molecule has 2 amide bonds. The molecule has 1 aliphatic rings. The van der Waals surface area contributed by atoms with E-state index in [0.717, 1.165) is 24.1 Å². The van der Waals surface area contributed by atoms with Crippen LogP contribution in [-0.2, 0) is 22.6 Å². The third kappa shape index (κ3) is 5.52. The van der Waals surface area contributed by atoms with E-state index in [4.69, 9.17) is 9.47 Å². The monoisotopic (exact) mass is 414 g/mol. The number of amides is 2. The minimum Gasteiger partial charge on any atom is -0.493 e. The molecule has 8 nitrogen and oxygen atoms in total. The van der Waals surface area contributed by atoms with Gasteiger partial charge in [0.25, 0.3) is 0 Å². The number of methoxy groups -OCH3 is 2. The summed E-state index contributed by atoms with van der Waals surface area (Å²) in [6.07, 6.45) is 5.57. The number of likely N-dealkylation sites (tertiary alicyclic amines) is 1. The lowest BCUT2D eigenvalue weighted by atomic mass is 10.1. The molecule has 0 bridgehead atoms. The summed E-state index contributed by atoms with van der Waals surface area (Å²) < 4.78 is 12.5. The molecule has 1 aliphatic heterocycles. The zero-order chi connectivity index (χ0) is 21.5. The Balaban J connectivity index is 1.42. The number of hydrogen-bond donors (Lipinski definition) is 1. The lowest BCUT2D eigenvalue weighted by Crippen LogP contribution is -2.34. The van der Waals surface area contributed by atoms with Crippen LogP contribution in [0.4, 0.5) is 0 Å². The molecule has 2 heterocycles. The fraction of sp³-hybridized carbons (Fsp3) is 0.500. The highest BCUT2D eigenvalue weighted by atomic mass is 16.5. The molecular formula is C22H30N4O4. The number of nitrogens with one attached hydrogen (secondary N) is 1. The molecule has 162 valence electrons. The van der Waals surface area contributed by atoms with Crippen LogP contribution in [-0.4, -0.2) is 60.3 Å². The van der Waals surface area contributed by atoms with Crippen LogP contribution in [0.5, 0.6) is 11.5 Å².